The van der Waals surface area contributed by atoms with Gasteiger partial charge >= 0.3 is 0 Å². The second kappa shape index (κ2) is 10.1. The van der Waals surface area contributed by atoms with Crippen LogP contribution in [0.25, 0.3) is 0 Å². The quantitative estimate of drug-likeness (QED) is 0.648. The van der Waals surface area contributed by atoms with Crippen LogP contribution in [-0.4, -0.2) is 69.3 Å². The molecule has 0 atom stereocenters. The number of hydrogen-bond acceptors (Lipinski definition) is 6. The van der Waals surface area contributed by atoms with Crippen LogP contribution >= 0.6 is 11.3 Å². The standard InChI is InChI=1S/C22H32N4O3S2/c1-5-24-11-13-25(14-12-24)20-9-8-18(31(28,29)26(6-2)7-3)16-19(20)23-22(27)21-17(4)10-15-30-21/h8-10,15-16H,5-7,11-14H2,1-4H3,(H,23,27). The topological polar surface area (TPSA) is 73.0 Å². The van der Waals surface area contributed by atoms with Gasteiger partial charge in [-0.25, -0.2) is 8.42 Å². The zero-order valence-electron chi connectivity index (χ0n) is 18.7. The number of carbonyl (C=O) groups is 1. The summed E-state index contributed by atoms with van der Waals surface area (Å²) in [5.74, 6) is -0.210. The lowest BCUT2D eigenvalue weighted by Crippen LogP contribution is -2.46. The molecule has 0 radical (unpaired) electrons. The van der Waals surface area contributed by atoms with E-state index in [0.29, 0.717) is 23.7 Å². The van der Waals surface area contributed by atoms with Crippen molar-refractivity contribution < 1.29 is 13.2 Å². The zero-order valence-corrected chi connectivity index (χ0v) is 20.4. The highest BCUT2D eigenvalue weighted by molar-refractivity contribution is 7.89. The van der Waals surface area contributed by atoms with E-state index in [-0.39, 0.29) is 10.8 Å². The summed E-state index contributed by atoms with van der Waals surface area (Å²) in [6.07, 6.45) is 0. The van der Waals surface area contributed by atoms with E-state index in [0.717, 1.165) is 44.0 Å². The van der Waals surface area contributed by atoms with Gasteiger partial charge in [0.25, 0.3) is 5.91 Å². The first-order valence-electron chi connectivity index (χ1n) is 10.8. The van der Waals surface area contributed by atoms with E-state index >= 15 is 0 Å². The summed E-state index contributed by atoms with van der Waals surface area (Å²) >= 11 is 1.38. The summed E-state index contributed by atoms with van der Waals surface area (Å²) in [7, 11) is -3.62. The van der Waals surface area contributed by atoms with Crippen molar-refractivity contribution in [1.82, 2.24) is 9.21 Å². The molecule has 0 saturated carbocycles. The van der Waals surface area contributed by atoms with Gasteiger partial charge in [0.1, 0.15) is 0 Å². The smallest absolute Gasteiger partial charge is 0.266 e. The van der Waals surface area contributed by atoms with Gasteiger partial charge in [0.05, 0.1) is 21.1 Å². The van der Waals surface area contributed by atoms with Crippen molar-refractivity contribution in [2.75, 3.05) is 56.0 Å². The van der Waals surface area contributed by atoms with Crippen LogP contribution in [0.1, 0.15) is 36.0 Å². The van der Waals surface area contributed by atoms with Crippen LogP contribution in [0.15, 0.2) is 34.5 Å². The second-order valence-electron chi connectivity index (χ2n) is 7.58. The Morgan fingerprint density at radius 2 is 1.77 bits per heavy atom. The van der Waals surface area contributed by atoms with Gasteiger partial charge in [0.15, 0.2) is 0 Å². The largest absolute Gasteiger partial charge is 0.367 e. The Bertz CT molecular complexity index is 1010. The molecule has 1 amide bonds. The minimum atomic E-state index is -3.62. The number of nitrogens with zero attached hydrogens (tertiary/aromatic N) is 3. The number of piperazine rings is 1. The van der Waals surface area contributed by atoms with Gasteiger partial charge in [0, 0.05) is 39.3 Å². The number of hydrogen-bond donors (Lipinski definition) is 1. The van der Waals surface area contributed by atoms with Crippen molar-refractivity contribution in [2.45, 2.75) is 32.6 Å². The Labute approximate surface area is 189 Å². The number of nitrogens with one attached hydrogen (secondary N) is 1. The molecule has 1 aliphatic rings. The molecule has 1 aliphatic heterocycles. The molecule has 1 N–H and O–H groups in total. The van der Waals surface area contributed by atoms with Crippen LogP contribution in [0, 0.1) is 6.92 Å². The number of aryl methyl sites for hydroxylation is 1. The number of carbonyl (C=O) groups excluding carboxylic acids is 1. The van der Waals surface area contributed by atoms with Gasteiger partial charge < -0.3 is 15.1 Å². The maximum absolute atomic E-state index is 13.1. The van der Waals surface area contributed by atoms with Gasteiger partial charge in [-0.2, -0.15) is 4.31 Å². The molecule has 31 heavy (non-hydrogen) atoms. The van der Waals surface area contributed by atoms with Crippen LogP contribution < -0.4 is 10.2 Å². The molecule has 7 nitrogen and oxygen atoms in total. The highest BCUT2D eigenvalue weighted by atomic mass is 32.2. The summed E-state index contributed by atoms with van der Waals surface area (Å²) in [6, 6.07) is 7.00. The Kier molecular flexibility index (Phi) is 7.74. The number of likely N-dealkylation sites (N-methyl/N-ethyl adjacent to an activating group) is 1. The van der Waals surface area contributed by atoms with Crippen LogP contribution in [0.4, 0.5) is 11.4 Å². The average Bonchev–Trinajstić information content (AvgIpc) is 3.20. The average molecular weight is 465 g/mol. The minimum absolute atomic E-state index is 0.199. The number of benzene rings is 1. The number of thiophene rings is 1. The van der Waals surface area contributed by atoms with Gasteiger partial charge in [-0.05, 0) is 48.7 Å². The Hall–Kier alpha value is -1.94. The van der Waals surface area contributed by atoms with E-state index in [1.165, 1.54) is 15.6 Å². The molecule has 0 aliphatic carbocycles. The first-order valence-corrected chi connectivity index (χ1v) is 13.1. The first-order chi connectivity index (χ1) is 14.8. The molecular formula is C22H32N4O3S2. The molecule has 1 fully saturated rings. The zero-order chi connectivity index (χ0) is 22.6. The number of anilines is 2. The van der Waals surface area contributed by atoms with Crippen molar-refractivity contribution in [2.24, 2.45) is 0 Å². The molecule has 1 aromatic carbocycles. The van der Waals surface area contributed by atoms with E-state index in [1.54, 1.807) is 12.1 Å². The summed E-state index contributed by atoms with van der Waals surface area (Å²) in [4.78, 5) is 18.4. The Balaban J connectivity index is 1.98. The molecule has 1 saturated heterocycles. The normalized spacial score (nSPS) is 15.5. The lowest BCUT2D eigenvalue weighted by molar-refractivity contribution is 0.103. The van der Waals surface area contributed by atoms with Crippen molar-refractivity contribution in [3.63, 3.8) is 0 Å². The van der Waals surface area contributed by atoms with Crippen LogP contribution in [0.5, 0.6) is 0 Å². The molecular weight excluding hydrogens is 432 g/mol. The van der Waals surface area contributed by atoms with E-state index in [2.05, 4.69) is 22.0 Å². The number of amides is 1. The Morgan fingerprint density at radius 1 is 1.10 bits per heavy atom. The maximum Gasteiger partial charge on any atom is 0.266 e. The predicted octanol–water partition coefficient (Wildman–Crippen LogP) is 3.48. The summed E-state index contributed by atoms with van der Waals surface area (Å²) in [5.41, 5.74) is 2.31. The van der Waals surface area contributed by atoms with Crippen molar-refractivity contribution >= 4 is 38.6 Å². The summed E-state index contributed by atoms with van der Waals surface area (Å²) in [5, 5.41) is 4.88. The van der Waals surface area contributed by atoms with Gasteiger partial charge in [-0.1, -0.05) is 20.8 Å². The van der Waals surface area contributed by atoms with E-state index < -0.39 is 10.0 Å². The third-order valence-corrected chi connectivity index (χ3v) is 8.85. The lowest BCUT2D eigenvalue weighted by atomic mass is 10.2. The fraction of sp³-hybridized carbons (Fsp3) is 0.500. The van der Waals surface area contributed by atoms with Crippen LogP contribution in [0.2, 0.25) is 0 Å². The number of rotatable bonds is 8. The first kappa shape index (κ1) is 23.7. The summed E-state index contributed by atoms with van der Waals surface area (Å²) < 4.78 is 27.6. The molecule has 0 spiro atoms. The fourth-order valence-electron chi connectivity index (χ4n) is 3.85. The minimum Gasteiger partial charge on any atom is -0.367 e. The SMILES string of the molecule is CCN1CCN(c2ccc(S(=O)(=O)N(CC)CC)cc2NC(=O)c2sccc2C)CC1. The molecule has 0 bridgehead atoms. The monoisotopic (exact) mass is 464 g/mol. The fourth-order valence-corrected chi connectivity index (χ4v) is 6.16. The van der Waals surface area contributed by atoms with Crippen molar-refractivity contribution in [3.8, 4) is 0 Å². The maximum atomic E-state index is 13.1. The predicted molar refractivity (Wildman–Crippen MR) is 128 cm³/mol. The highest BCUT2D eigenvalue weighted by Crippen LogP contribution is 2.32. The molecule has 3 rings (SSSR count). The highest BCUT2D eigenvalue weighted by Gasteiger charge is 2.26. The molecule has 170 valence electrons. The van der Waals surface area contributed by atoms with Gasteiger partial charge in [0.2, 0.25) is 10.0 Å². The number of sulfonamides is 1. The second-order valence-corrected chi connectivity index (χ2v) is 10.4. The Morgan fingerprint density at radius 3 is 2.32 bits per heavy atom. The van der Waals surface area contributed by atoms with Crippen molar-refractivity contribution in [3.05, 3.63) is 40.1 Å². The van der Waals surface area contributed by atoms with E-state index in [1.807, 2.05) is 38.3 Å². The molecule has 1 aromatic heterocycles. The van der Waals surface area contributed by atoms with Gasteiger partial charge in [-0.3, -0.25) is 4.79 Å². The third kappa shape index (κ3) is 5.11. The molecule has 2 heterocycles. The van der Waals surface area contributed by atoms with Crippen LogP contribution in [-0.2, 0) is 10.0 Å². The van der Waals surface area contributed by atoms with E-state index in [9.17, 15) is 13.2 Å². The van der Waals surface area contributed by atoms with Gasteiger partial charge in [-0.15, -0.1) is 11.3 Å². The molecule has 0 unspecified atom stereocenters. The molecule has 2 aromatic rings. The van der Waals surface area contributed by atoms with E-state index in [4.69, 9.17) is 0 Å². The van der Waals surface area contributed by atoms with Crippen molar-refractivity contribution in [1.29, 1.82) is 0 Å². The lowest BCUT2D eigenvalue weighted by Gasteiger charge is -2.36. The summed E-state index contributed by atoms with van der Waals surface area (Å²) in [6.45, 7) is 13.0. The third-order valence-electron chi connectivity index (χ3n) is 5.79. The molecule has 9 heteroatoms. The van der Waals surface area contributed by atoms with Crippen LogP contribution in [0.3, 0.4) is 0 Å².